The number of ether oxygens (including phenoxy) is 1. The van der Waals surface area contributed by atoms with Gasteiger partial charge in [0.1, 0.15) is 0 Å². The zero-order valence-electron chi connectivity index (χ0n) is 3.02. The SMILES string of the molecule is [CH2]C(=S)OC. The molecule has 0 aromatic heterocycles. The summed E-state index contributed by atoms with van der Waals surface area (Å²) in [5, 5.41) is 0.338. The van der Waals surface area contributed by atoms with Gasteiger partial charge in [-0.3, -0.25) is 0 Å². The average Bonchev–Trinajstić information content (AvgIpc) is 1.38. The number of methoxy groups -OCH3 is 1. The van der Waals surface area contributed by atoms with E-state index in [1.807, 2.05) is 0 Å². The van der Waals surface area contributed by atoms with Gasteiger partial charge in [-0.1, -0.05) is 0 Å². The van der Waals surface area contributed by atoms with Crippen LogP contribution in [-0.4, -0.2) is 12.2 Å². The Morgan fingerprint density at radius 1 is 2.00 bits per heavy atom. The monoisotopic (exact) mass is 89.0 g/mol. The Hall–Kier alpha value is -0.110. The van der Waals surface area contributed by atoms with Gasteiger partial charge in [0.25, 0.3) is 0 Å². The zero-order valence-corrected chi connectivity index (χ0v) is 3.84. The van der Waals surface area contributed by atoms with Crippen LogP contribution in [0, 0.1) is 6.92 Å². The molecule has 0 aliphatic rings. The summed E-state index contributed by atoms with van der Waals surface area (Å²) in [5.74, 6) is 0. The van der Waals surface area contributed by atoms with Crippen LogP contribution >= 0.6 is 12.2 Å². The standard InChI is InChI=1S/C3H5OS/c1-3(5)4-2/h1H2,2H3. The molecule has 1 radical (unpaired) electrons. The van der Waals surface area contributed by atoms with Crippen LogP contribution in [0.15, 0.2) is 0 Å². The van der Waals surface area contributed by atoms with Crippen LogP contribution in [0.4, 0.5) is 0 Å². The topological polar surface area (TPSA) is 9.23 Å². The van der Waals surface area contributed by atoms with Gasteiger partial charge in [-0.25, -0.2) is 0 Å². The normalized spacial score (nSPS) is 6.80. The van der Waals surface area contributed by atoms with Crippen molar-refractivity contribution < 1.29 is 4.74 Å². The summed E-state index contributed by atoms with van der Waals surface area (Å²) in [6.07, 6.45) is 0. The van der Waals surface area contributed by atoms with Gasteiger partial charge in [-0.15, -0.1) is 0 Å². The molecule has 29 valence electrons. The number of hydrogen-bond acceptors (Lipinski definition) is 2. The average molecular weight is 89.1 g/mol. The summed E-state index contributed by atoms with van der Waals surface area (Å²) in [5.41, 5.74) is 0. The zero-order chi connectivity index (χ0) is 4.28. The Balaban J connectivity index is 2.85. The maximum atomic E-state index is 4.37. The fraction of sp³-hybridized carbons (Fsp3) is 0.333. The molecule has 0 unspecified atom stereocenters. The van der Waals surface area contributed by atoms with Crippen LogP contribution in [0.1, 0.15) is 0 Å². The predicted octanol–water partition coefficient (Wildman–Crippen LogP) is 0.794. The Kier molecular flexibility index (Phi) is 2.10. The van der Waals surface area contributed by atoms with Crippen molar-refractivity contribution in [2.75, 3.05) is 7.11 Å². The Bertz CT molecular complexity index is 42.2. The van der Waals surface area contributed by atoms with Crippen molar-refractivity contribution in [3.63, 3.8) is 0 Å². The molecule has 0 rings (SSSR count). The molecule has 2 heteroatoms. The summed E-state index contributed by atoms with van der Waals surface area (Å²) < 4.78 is 4.37. The highest BCUT2D eigenvalue weighted by molar-refractivity contribution is 7.80. The van der Waals surface area contributed by atoms with E-state index >= 15 is 0 Å². The van der Waals surface area contributed by atoms with E-state index in [4.69, 9.17) is 0 Å². The van der Waals surface area contributed by atoms with Crippen LogP contribution in [0.3, 0.4) is 0 Å². The number of hydrogen-bond donors (Lipinski definition) is 0. The van der Waals surface area contributed by atoms with E-state index in [0.29, 0.717) is 5.05 Å². The lowest BCUT2D eigenvalue weighted by atomic mass is 10.9. The number of rotatable bonds is 0. The predicted molar refractivity (Wildman–Crippen MR) is 25.0 cm³/mol. The maximum Gasteiger partial charge on any atom is 0.159 e. The third-order valence-corrected chi connectivity index (χ3v) is 0.394. The Labute approximate surface area is 36.9 Å². The first-order chi connectivity index (χ1) is 2.27. The molecular formula is C3H5OS. The molecule has 0 aliphatic carbocycles. The van der Waals surface area contributed by atoms with E-state index in [1.165, 1.54) is 7.11 Å². The van der Waals surface area contributed by atoms with Crippen molar-refractivity contribution >= 4 is 17.3 Å². The van der Waals surface area contributed by atoms with Gasteiger partial charge >= 0.3 is 0 Å². The minimum atomic E-state index is 0.338. The smallest absolute Gasteiger partial charge is 0.159 e. The minimum Gasteiger partial charge on any atom is -0.490 e. The fourth-order valence-corrected chi connectivity index (χ4v) is 0. The van der Waals surface area contributed by atoms with Crippen LogP contribution < -0.4 is 0 Å². The molecule has 0 aromatic carbocycles. The van der Waals surface area contributed by atoms with E-state index in [0.717, 1.165) is 0 Å². The van der Waals surface area contributed by atoms with Gasteiger partial charge in [-0.05, 0) is 12.2 Å². The highest BCUT2D eigenvalue weighted by Crippen LogP contribution is 1.67. The van der Waals surface area contributed by atoms with Crippen molar-refractivity contribution in [1.29, 1.82) is 0 Å². The second-order valence-electron chi connectivity index (χ2n) is 0.576. The fourth-order valence-electron chi connectivity index (χ4n) is 0. The van der Waals surface area contributed by atoms with E-state index in [9.17, 15) is 0 Å². The second-order valence-corrected chi connectivity index (χ2v) is 1.03. The van der Waals surface area contributed by atoms with Gasteiger partial charge < -0.3 is 4.74 Å². The highest BCUT2D eigenvalue weighted by atomic mass is 32.1. The molecule has 0 saturated carbocycles. The third-order valence-electron chi connectivity index (χ3n) is 0.228. The van der Waals surface area contributed by atoms with Crippen LogP contribution in [0.25, 0.3) is 0 Å². The van der Waals surface area contributed by atoms with Gasteiger partial charge in [0.15, 0.2) is 5.05 Å². The van der Waals surface area contributed by atoms with Gasteiger partial charge in [0.2, 0.25) is 0 Å². The molecule has 0 saturated heterocycles. The maximum absolute atomic E-state index is 4.37. The Morgan fingerprint density at radius 3 is 2.20 bits per heavy atom. The first-order valence-electron chi connectivity index (χ1n) is 1.17. The molecule has 0 bridgehead atoms. The van der Waals surface area contributed by atoms with Gasteiger partial charge in [0.05, 0.1) is 7.11 Å². The summed E-state index contributed by atoms with van der Waals surface area (Å²) in [4.78, 5) is 0. The van der Waals surface area contributed by atoms with Crippen LogP contribution in [0.2, 0.25) is 0 Å². The van der Waals surface area contributed by atoms with E-state index in [-0.39, 0.29) is 0 Å². The number of thiocarbonyl (C=S) groups is 1. The molecule has 0 atom stereocenters. The summed E-state index contributed by atoms with van der Waals surface area (Å²) in [6.45, 7) is 3.27. The van der Waals surface area contributed by atoms with E-state index < -0.39 is 0 Å². The lowest BCUT2D eigenvalue weighted by Gasteiger charge is -1.85. The molecule has 0 aliphatic heterocycles. The van der Waals surface area contributed by atoms with Gasteiger partial charge in [-0.2, -0.15) is 0 Å². The van der Waals surface area contributed by atoms with Crippen LogP contribution in [-0.2, 0) is 4.74 Å². The molecule has 0 aromatic rings. The van der Waals surface area contributed by atoms with Crippen molar-refractivity contribution in [2.45, 2.75) is 0 Å². The van der Waals surface area contributed by atoms with Crippen LogP contribution in [0.5, 0.6) is 0 Å². The summed E-state index contributed by atoms with van der Waals surface area (Å²) >= 11 is 4.36. The van der Waals surface area contributed by atoms with Gasteiger partial charge in [0, 0.05) is 6.92 Å². The molecule has 0 spiro atoms. The first-order valence-corrected chi connectivity index (χ1v) is 1.58. The van der Waals surface area contributed by atoms with Crippen molar-refractivity contribution in [1.82, 2.24) is 0 Å². The molecule has 0 amide bonds. The lowest BCUT2D eigenvalue weighted by molar-refractivity contribution is 0.417. The summed E-state index contributed by atoms with van der Waals surface area (Å²) in [6, 6.07) is 0. The largest absolute Gasteiger partial charge is 0.490 e. The molecule has 0 N–H and O–H groups in total. The Morgan fingerprint density at radius 2 is 2.20 bits per heavy atom. The highest BCUT2D eigenvalue weighted by Gasteiger charge is 1.69. The molecule has 0 fully saturated rings. The third kappa shape index (κ3) is 3.89. The minimum absolute atomic E-state index is 0.338. The summed E-state index contributed by atoms with van der Waals surface area (Å²) in [7, 11) is 1.50. The second kappa shape index (κ2) is 2.15. The molecular weight excluding hydrogens is 84.1 g/mol. The first kappa shape index (κ1) is 4.89. The quantitative estimate of drug-likeness (QED) is 0.406. The molecule has 1 nitrogen and oxygen atoms in total. The van der Waals surface area contributed by atoms with Crippen molar-refractivity contribution in [3.8, 4) is 0 Å². The van der Waals surface area contributed by atoms with E-state index in [2.05, 4.69) is 23.9 Å². The molecule has 0 heterocycles. The van der Waals surface area contributed by atoms with Crippen molar-refractivity contribution in [3.05, 3.63) is 6.92 Å². The lowest BCUT2D eigenvalue weighted by Crippen LogP contribution is -1.85. The molecule has 5 heavy (non-hydrogen) atoms. The van der Waals surface area contributed by atoms with Crippen molar-refractivity contribution in [2.24, 2.45) is 0 Å². The van der Waals surface area contributed by atoms with E-state index in [1.54, 1.807) is 0 Å².